The van der Waals surface area contributed by atoms with Gasteiger partial charge >= 0.3 is 0 Å². The summed E-state index contributed by atoms with van der Waals surface area (Å²) in [5.74, 6) is 0.602. The second kappa shape index (κ2) is 7.25. The number of benzene rings is 1. The molecule has 0 bridgehead atoms. The van der Waals surface area contributed by atoms with Crippen LogP contribution in [-0.4, -0.2) is 10.9 Å². The molecule has 4 heteroatoms. The van der Waals surface area contributed by atoms with Gasteiger partial charge in [-0.3, -0.25) is 4.79 Å². The van der Waals surface area contributed by atoms with Crippen LogP contribution in [0.15, 0.2) is 6.07 Å². The molecule has 1 aromatic rings. The minimum absolute atomic E-state index is 0.0126. The molecule has 1 fully saturated rings. The molecule has 0 spiro atoms. The number of hydrogen-bond donors (Lipinski definition) is 1. The summed E-state index contributed by atoms with van der Waals surface area (Å²) < 4.78 is 0. The Hall–Kier alpha value is -0.730. The van der Waals surface area contributed by atoms with Crippen molar-refractivity contribution in [3.8, 4) is 5.75 Å². The molecule has 1 atom stereocenters. The van der Waals surface area contributed by atoms with Crippen LogP contribution < -0.4 is 0 Å². The molecule has 24 heavy (non-hydrogen) atoms. The summed E-state index contributed by atoms with van der Waals surface area (Å²) in [6.07, 6.45) is 11.0. The standard InChI is InChI=1S/C20H26Cl2O2/c1-2-3-4-7-10-20(14-8-5-6-9-14)12-13-11-15(23)17(21)18(22)16(13)19(20)24/h11,14,23H,2-10,12H2,1H3. The van der Waals surface area contributed by atoms with Crippen molar-refractivity contribution >= 4 is 29.0 Å². The molecule has 2 nitrogen and oxygen atoms in total. The highest BCUT2D eigenvalue weighted by atomic mass is 35.5. The number of carbonyl (C=O) groups is 1. The van der Waals surface area contributed by atoms with Crippen LogP contribution in [0.5, 0.6) is 5.75 Å². The lowest BCUT2D eigenvalue weighted by atomic mass is 9.68. The monoisotopic (exact) mass is 368 g/mol. The number of rotatable bonds is 6. The quantitative estimate of drug-likeness (QED) is 0.575. The van der Waals surface area contributed by atoms with Gasteiger partial charge in [0.25, 0.3) is 0 Å². The fourth-order valence-electron chi connectivity index (χ4n) is 4.80. The van der Waals surface area contributed by atoms with Crippen LogP contribution in [-0.2, 0) is 6.42 Å². The van der Waals surface area contributed by atoms with Gasteiger partial charge in [0.05, 0.1) is 5.02 Å². The Balaban J connectivity index is 1.95. The normalized spacial score (nSPS) is 23.9. The maximum absolute atomic E-state index is 13.4. The lowest BCUT2D eigenvalue weighted by Gasteiger charge is -2.34. The van der Waals surface area contributed by atoms with Gasteiger partial charge in [-0.05, 0) is 43.2 Å². The Labute approximate surface area is 154 Å². The molecule has 2 aliphatic carbocycles. The van der Waals surface area contributed by atoms with Crippen molar-refractivity contribution in [3.63, 3.8) is 0 Å². The van der Waals surface area contributed by atoms with E-state index >= 15 is 0 Å². The second-order valence-electron chi connectivity index (χ2n) is 7.51. The van der Waals surface area contributed by atoms with E-state index in [-0.39, 0.29) is 27.0 Å². The van der Waals surface area contributed by atoms with E-state index < -0.39 is 0 Å². The number of aromatic hydroxyl groups is 1. The summed E-state index contributed by atoms with van der Waals surface area (Å²) in [6.45, 7) is 2.20. The SMILES string of the molecule is CCCCCCC1(C2CCCC2)Cc2cc(O)c(Cl)c(Cl)c2C1=O. The topological polar surface area (TPSA) is 37.3 Å². The fourth-order valence-corrected chi connectivity index (χ4v) is 5.25. The highest BCUT2D eigenvalue weighted by Gasteiger charge is 2.51. The predicted molar refractivity (Wildman–Crippen MR) is 99.3 cm³/mol. The van der Waals surface area contributed by atoms with Crippen molar-refractivity contribution in [2.24, 2.45) is 11.3 Å². The minimum atomic E-state index is -0.326. The van der Waals surface area contributed by atoms with E-state index in [4.69, 9.17) is 23.2 Å². The molecule has 1 aromatic carbocycles. The highest BCUT2D eigenvalue weighted by molar-refractivity contribution is 6.45. The molecule has 1 N–H and O–H groups in total. The van der Waals surface area contributed by atoms with Crippen LogP contribution in [0, 0.1) is 11.3 Å². The van der Waals surface area contributed by atoms with E-state index in [2.05, 4.69) is 6.92 Å². The molecule has 0 radical (unpaired) electrons. The average Bonchev–Trinajstić information content (AvgIpc) is 3.18. The molecule has 1 unspecified atom stereocenters. The third kappa shape index (κ3) is 2.97. The number of hydrogen-bond acceptors (Lipinski definition) is 2. The first kappa shape index (κ1) is 18.1. The zero-order valence-electron chi connectivity index (χ0n) is 14.3. The highest BCUT2D eigenvalue weighted by Crippen LogP contribution is 2.54. The van der Waals surface area contributed by atoms with Gasteiger partial charge in [-0.1, -0.05) is 68.7 Å². The number of fused-ring (bicyclic) bond motifs is 1. The summed E-state index contributed by atoms with van der Waals surface area (Å²) >= 11 is 12.4. The molecular formula is C20H26Cl2O2. The smallest absolute Gasteiger partial charge is 0.171 e. The number of Topliss-reactive ketones (excluding diaryl/α,β-unsaturated/α-hetero) is 1. The second-order valence-corrected chi connectivity index (χ2v) is 8.27. The van der Waals surface area contributed by atoms with Crippen molar-refractivity contribution in [1.82, 2.24) is 0 Å². The minimum Gasteiger partial charge on any atom is -0.506 e. The zero-order valence-corrected chi connectivity index (χ0v) is 15.8. The lowest BCUT2D eigenvalue weighted by Crippen LogP contribution is -2.35. The first-order valence-electron chi connectivity index (χ1n) is 9.26. The van der Waals surface area contributed by atoms with Crippen LogP contribution >= 0.6 is 23.2 Å². The third-order valence-electron chi connectivity index (χ3n) is 6.07. The molecule has 2 aliphatic rings. The average molecular weight is 369 g/mol. The van der Waals surface area contributed by atoms with E-state index in [1.807, 2.05) is 0 Å². The van der Waals surface area contributed by atoms with Gasteiger partial charge in [-0.15, -0.1) is 0 Å². The van der Waals surface area contributed by atoms with Crippen molar-refractivity contribution in [2.75, 3.05) is 0 Å². The van der Waals surface area contributed by atoms with Crippen LogP contribution in [0.25, 0.3) is 0 Å². The molecule has 0 aromatic heterocycles. The lowest BCUT2D eigenvalue weighted by molar-refractivity contribution is 0.0670. The van der Waals surface area contributed by atoms with Gasteiger partial charge in [0.15, 0.2) is 5.78 Å². The number of unbranched alkanes of at least 4 members (excludes halogenated alkanes) is 3. The van der Waals surface area contributed by atoms with Gasteiger partial charge in [-0.25, -0.2) is 0 Å². The molecule has 132 valence electrons. The fraction of sp³-hybridized carbons (Fsp3) is 0.650. The van der Waals surface area contributed by atoms with Gasteiger partial charge in [-0.2, -0.15) is 0 Å². The van der Waals surface area contributed by atoms with Crippen molar-refractivity contribution in [1.29, 1.82) is 0 Å². The van der Waals surface area contributed by atoms with Crippen LogP contribution in [0.3, 0.4) is 0 Å². The Morgan fingerprint density at radius 1 is 1.17 bits per heavy atom. The summed E-state index contributed by atoms with van der Waals surface area (Å²) in [6, 6.07) is 1.66. The Morgan fingerprint density at radius 2 is 1.88 bits per heavy atom. The molecule has 0 heterocycles. The number of ketones is 1. The molecule has 3 rings (SSSR count). The van der Waals surface area contributed by atoms with Crippen LogP contribution in [0.1, 0.15) is 80.6 Å². The van der Waals surface area contributed by atoms with E-state index in [0.717, 1.165) is 31.2 Å². The zero-order chi connectivity index (χ0) is 17.3. The summed E-state index contributed by atoms with van der Waals surface area (Å²) in [7, 11) is 0. The van der Waals surface area contributed by atoms with E-state index in [1.165, 1.54) is 32.1 Å². The largest absolute Gasteiger partial charge is 0.506 e. The molecule has 0 aliphatic heterocycles. The predicted octanol–water partition coefficient (Wildman–Crippen LogP) is 6.58. The number of phenols is 1. The first-order valence-corrected chi connectivity index (χ1v) is 10.0. The summed E-state index contributed by atoms with van der Waals surface area (Å²) in [5.41, 5.74) is 1.13. The van der Waals surface area contributed by atoms with Crippen molar-refractivity contribution < 1.29 is 9.90 Å². The van der Waals surface area contributed by atoms with Crippen LogP contribution in [0.2, 0.25) is 10.0 Å². The van der Waals surface area contributed by atoms with Gasteiger partial charge in [0.1, 0.15) is 10.8 Å². The summed E-state index contributed by atoms with van der Waals surface area (Å²) in [4.78, 5) is 13.4. The number of halogens is 2. The van der Waals surface area contributed by atoms with Gasteiger partial charge < -0.3 is 5.11 Å². The van der Waals surface area contributed by atoms with E-state index in [1.54, 1.807) is 6.07 Å². The number of phenolic OH excluding ortho intramolecular Hbond substituents is 1. The van der Waals surface area contributed by atoms with Gasteiger partial charge in [0.2, 0.25) is 0 Å². The Bertz CT molecular complexity index is 635. The first-order chi connectivity index (χ1) is 11.5. The van der Waals surface area contributed by atoms with E-state index in [0.29, 0.717) is 17.9 Å². The van der Waals surface area contributed by atoms with Crippen molar-refractivity contribution in [2.45, 2.75) is 71.1 Å². The van der Waals surface area contributed by atoms with Crippen molar-refractivity contribution in [3.05, 3.63) is 27.2 Å². The third-order valence-corrected chi connectivity index (χ3v) is 6.92. The van der Waals surface area contributed by atoms with E-state index in [9.17, 15) is 9.90 Å². The molecule has 0 saturated heterocycles. The molecule has 0 amide bonds. The maximum Gasteiger partial charge on any atom is 0.171 e. The molecule has 1 saturated carbocycles. The number of carbonyl (C=O) groups excluding carboxylic acids is 1. The Morgan fingerprint density at radius 3 is 2.54 bits per heavy atom. The maximum atomic E-state index is 13.4. The van der Waals surface area contributed by atoms with Crippen LogP contribution in [0.4, 0.5) is 0 Å². The molecular weight excluding hydrogens is 343 g/mol. The van der Waals surface area contributed by atoms with Gasteiger partial charge in [0, 0.05) is 11.0 Å². The Kier molecular flexibility index (Phi) is 5.46. The summed E-state index contributed by atoms with van der Waals surface area (Å²) in [5, 5.41) is 10.4.